The summed E-state index contributed by atoms with van der Waals surface area (Å²) in [5, 5.41) is 3.43. The number of nitrogens with one attached hydrogen (secondary N) is 1. The van der Waals surface area contributed by atoms with Gasteiger partial charge in [-0.2, -0.15) is 0 Å². The molecular weight excluding hydrogens is 226 g/mol. The van der Waals surface area contributed by atoms with E-state index in [4.69, 9.17) is 9.47 Å². The first-order valence-electron chi connectivity index (χ1n) is 6.67. The van der Waals surface area contributed by atoms with Gasteiger partial charge in [0.2, 0.25) is 0 Å². The molecule has 3 heteroatoms. The van der Waals surface area contributed by atoms with E-state index in [1.165, 1.54) is 5.56 Å². The van der Waals surface area contributed by atoms with Crippen LogP contribution in [0.5, 0.6) is 5.75 Å². The minimum atomic E-state index is 0.544. The summed E-state index contributed by atoms with van der Waals surface area (Å²) in [4.78, 5) is 0. The summed E-state index contributed by atoms with van der Waals surface area (Å²) in [5.74, 6) is 1.50. The van der Waals surface area contributed by atoms with E-state index >= 15 is 0 Å². The molecule has 0 fully saturated rings. The largest absolute Gasteiger partial charge is 0.494 e. The highest BCUT2D eigenvalue weighted by molar-refractivity contribution is 5.27. The second-order valence-electron chi connectivity index (χ2n) is 4.68. The van der Waals surface area contributed by atoms with Gasteiger partial charge in [-0.05, 0) is 30.0 Å². The van der Waals surface area contributed by atoms with Crippen molar-refractivity contribution in [3.05, 3.63) is 29.8 Å². The second-order valence-corrected chi connectivity index (χ2v) is 4.68. The van der Waals surface area contributed by atoms with Gasteiger partial charge in [-0.1, -0.05) is 26.0 Å². The van der Waals surface area contributed by atoms with Crippen LogP contribution in [0.25, 0.3) is 0 Å². The molecule has 1 aromatic rings. The van der Waals surface area contributed by atoms with Crippen molar-refractivity contribution in [2.24, 2.45) is 5.92 Å². The first-order valence-corrected chi connectivity index (χ1v) is 6.67. The maximum Gasteiger partial charge on any atom is 0.119 e. The third-order valence-electron chi connectivity index (χ3n) is 2.67. The minimum Gasteiger partial charge on any atom is -0.494 e. The fraction of sp³-hybridized carbons (Fsp3) is 0.600. The molecule has 0 radical (unpaired) electrons. The van der Waals surface area contributed by atoms with Crippen LogP contribution in [0.15, 0.2) is 24.3 Å². The van der Waals surface area contributed by atoms with E-state index in [1.807, 2.05) is 12.1 Å². The molecule has 18 heavy (non-hydrogen) atoms. The fourth-order valence-electron chi connectivity index (χ4n) is 1.73. The zero-order valence-electron chi connectivity index (χ0n) is 11.7. The number of hydrogen-bond acceptors (Lipinski definition) is 3. The molecule has 1 unspecified atom stereocenters. The molecule has 1 aromatic carbocycles. The van der Waals surface area contributed by atoms with Gasteiger partial charge in [0.1, 0.15) is 5.75 Å². The van der Waals surface area contributed by atoms with Crippen LogP contribution < -0.4 is 10.1 Å². The molecule has 0 spiro atoms. The molecule has 0 saturated carbocycles. The van der Waals surface area contributed by atoms with Crippen LogP contribution in [0.2, 0.25) is 0 Å². The van der Waals surface area contributed by atoms with Crippen LogP contribution in [0.4, 0.5) is 0 Å². The average molecular weight is 251 g/mol. The smallest absolute Gasteiger partial charge is 0.119 e. The summed E-state index contributed by atoms with van der Waals surface area (Å²) in [7, 11) is 1.74. The van der Waals surface area contributed by atoms with Gasteiger partial charge in [0.05, 0.1) is 6.61 Å². The number of hydrogen-bond donors (Lipinski definition) is 1. The van der Waals surface area contributed by atoms with Crippen LogP contribution in [-0.2, 0) is 11.3 Å². The molecule has 0 amide bonds. The minimum absolute atomic E-state index is 0.544. The molecule has 1 N–H and O–H groups in total. The Bertz CT molecular complexity index is 311. The van der Waals surface area contributed by atoms with Crippen molar-refractivity contribution in [1.82, 2.24) is 5.32 Å². The van der Waals surface area contributed by atoms with Crippen LogP contribution >= 0.6 is 0 Å². The van der Waals surface area contributed by atoms with Crippen LogP contribution in [0.1, 0.15) is 25.8 Å². The van der Waals surface area contributed by atoms with Crippen molar-refractivity contribution >= 4 is 0 Å². The SMILES string of the molecule is CCCOc1ccc(CNCC(C)COC)cc1. The zero-order chi connectivity index (χ0) is 13.2. The van der Waals surface area contributed by atoms with E-state index in [9.17, 15) is 0 Å². The number of methoxy groups -OCH3 is 1. The van der Waals surface area contributed by atoms with E-state index in [0.29, 0.717) is 5.92 Å². The molecule has 0 saturated heterocycles. The molecule has 0 aliphatic rings. The van der Waals surface area contributed by atoms with Gasteiger partial charge in [0, 0.05) is 26.8 Å². The lowest BCUT2D eigenvalue weighted by Crippen LogP contribution is -2.23. The Labute approximate surface area is 110 Å². The van der Waals surface area contributed by atoms with Crippen molar-refractivity contribution in [1.29, 1.82) is 0 Å². The standard InChI is InChI=1S/C15H25NO2/c1-4-9-18-15-7-5-14(6-8-15)11-16-10-13(2)12-17-3/h5-8,13,16H,4,9-12H2,1-3H3. The van der Waals surface area contributed by atoms with Gasteiger partial charge < -0.3 is 14.8 Å². The lowest BCUT2D eigenvalue weighted by molar-refractivity contribution is 0.158. The van der Waals surface area contributed by atoms with E-state index in [1.54, 1.807) is 7.11 Å². The van der Waals surface area contributed by atoms with Gasteiger partial charge in [-0.25, -0.2) is 0 Å². The van der Waals surface area contributed by atoms with Gasteiger partial charge in [0.25, 0.3) is 0 Å². The zero-order valence-corrected chi connectivity index (χ0v) is 11.7. The fourth-order valence-corrected chi connectivity index (χ4v) is 1.73. The van der Waals surface area contributed by atoms with Crippen molar-refractivity contribution < 1.29 is 9.47 Å². The molecule has 0 heterocycles. The summed E-state index contributed by atoms with van der Waals surface area (Å²) >= 11 is 0. The normalized spacial score (nSPS) is 12.4. The molecule has 0 aromatic heterocycles. The Hall–Kier alpha value is -1.06. The Balaban J connectivity index is 2.26. The Morgan fingerprint density at radius 1 is 1.22 bits per heavy atom. The Kier molecular flexibility index (Phi) is 7.46. The molecule has 0 bridgehead atoms. The highest BCUT2D eigenvalue weighted by Gasteiger charge is 2.00. The highest BCUT2D eigenvalue weighted by atomic mass is 16.5. The van der Waals surface area contributed by atoms with Gasteiger partial charge >= 0.3 is 0 Å². The molecule has 1 rings (SSSR count). The summed E-state index contributed by atoms with van der Waals surface area (Å²) in [6, 6.07) is 8.29. The summed E-state index contributed by atoms with van der Waals surface area (Å²) in [6.45, 7) is 7.74. The molecule has 3 nitrogen and oxygen atoms in total. The lowest BCUT2D eigenvalue weighted by atomic mass is 10.2. The lowest BCUT2D eigenvalue weighted by Gasteiger charge is -2.11. The first-order chi connectivity index (χ1) is 8.76. The number of benzene rings is 1. The van der Waals surface area contributed by atoms with E-state index in [-0.39, 0.29) is 0 Å². The topological polar surface area (TPSA) is 30.5 Å². The maximum absolute atomic E-state index is 5.55. The van der Waals surface area contributed by atoms with E-state index in [2.05, 4.69) is 31.3 Å². The quantitative estimate of drug-likeness (QED) is 0.732. The van der Waals surface area contributed by atoms with E-state index in [0.717, 1.165) is 38.5 Å². The van der Waals surface area contributed by atoms with Crippen molar-refractivity contribution in [2.45, 2.75) is 26.8 Å². The van der Waals surface area contributed by atoms with Crippen LogP contribution in [0, 0.1) is 5.92 Å². The van der Waals surface area contributed by atoms with Crippen molar-refractivity contribution in [2.75, 3.05) is 26.9 Å². The molecule has 0 aliphatic heterocycles. The van der Waals surface area contributed by atoms with Crippen molar-refractivity contribution in [3.8, 4) is 5.75 Å². The van der Waals surface area contributed by atoms with Gasteiger partial charge in [-0.3, -0.25) is 0 Å². The third kappa shape index (κ3) is 6.03. The van der Waals surface area contributed by atoms with Gasteiger partial charge in [0.15, 0.2) is 0 Å². The predicted octanol–water partition coefficient (Wildman–Crippen LogP) is 2.85. The van der Waals surface area contributed by atoms with Crippen LogP contribution in [-0.4, -0.2) is 26.9 Å². The molecule has 0 aliphatic carbocycles. The Morgan fingerprint density at radius 3 is 2.56 bits per heavy atom. The number of rotatable bonds is 9. The summed E-state index contributed by atoms with van der Waals surface area (Å²) < 4.78 is 10.7. The monoisotopic (exact) mass is 251 g/mol. The average Bonchev–Trinajstić information content (AvgIpc) is 2.38. The highest BCUT2D eigenvalue weighted by Crippen LogP contribution is 2.12. The van der Waals surface area contributed by atoms with Gasteiger partial charge in [-0.15, -0.1) is 0 Å². The summed E-state index contributed by atoms with van der Waals surface area (Å²) in [5.41, 5.74) is 1.28. The molecular formula is C15H25NO2. The van der Waals surface area contributed by atoms with E-state index < -0.39 is 0 Å². The molecule has 1 atom stereocenters. The van der Waals surface area contributed by atoms with Crippen LogP contribution in [0.3, 0.4) is 0 Å². The molecule has 102 valence electrons. The third-order valence-corrected chi connectivity index (χ3v) is 2.67. The maximum atomic E-state index is 5.55. The Morgan fingerprint density at radius 2 is 1.94 bits per heavy atom. The van der Waals surface area contributed by atoms with Crippen molar-refractivity contribution in [3.63, 3.8) is 0 Å². The number of ether oxygens (including phenoxy) is 2. The first kappa shape index (κ1) is 15.0. The second kappa shape index (κ2) is 8.95. The summed E-state index contributed by atoms with van der Waals surface area (Å²) in [6.07, 6.45) is 1.04. The predicted molar refractivity (Wildman–Crippen MR) is 75.0 cm³/mol.